The number of aromatic nitrogens is 3. The molecule has 4 N–H and O–H groups in total. The smallest absolute Gasteiger partial charge is 0.272 e. The van der Waals surface area contributed by atoms with Crippen LogP contribution in [0.4, 0.5) is 17.2 Å². The number of benzene rings is 1. The second-order valence-electron chi connectivity index (χ2n) is 12.2. The van der Waals surface area contributed by atoms with E-state index in [0.29, 0.717) is 51.6 Å². The van der Waals surface area contributed by atoms with Gasteiger partial charge in [0.25, 0.3) is 11.8 Å². The van der Waals surface area contributed by atoms with E-state index in [1.54, 1.807) is 25.4 Å². The van der Waals surface area contributed by atoms with Gasteiger partial charge in [-0.15, -0.1) is 21.5 Å². The predicted octanol–water partition coefficient (Wildman–Crippen LogP) is 0.176. The summed E-state index contributed by atoms with van der Waals surface area (Å²) < 4.78 is 5.82. The van der Waals surface area contributed by atoms with Crippen LogP contribution in [-0.2, 0) is 4.79 Å². The van der Waals surface area contributed by atoms with Crippen LogP contribution in [0.3, 0.4) is 0 Å². The van der Waals surface area contributed by atoms with Crippen molar-refractivity contribution < 1.29 is 24.2 Å². The summed E-state index contributed by atoms with van der Waals surface area (Å²) in [6.45, 7) is 1.50. The molecule has 3 heterocycles. The molecule has 1 saturated heterocycles. The Hall–Kier alpha value is -3.91. The van der Waals surface area contributed by atoms with Gasteiger partial charge in [-0.25, -0.2) is 4.98 Å². The molecule has 0 spiro atoms. The number of para-hydroxylation sites is 1. The van der Waals surface area contributed by atoms with Gasteiger partial charge in [0.15, 0.2) is 17.3 Å². The number of carbonyl (C=O) groups excluding carboxylic acids is 3. The lowest BCUT2D eigenvalue weighted by molar-refractivity contribution is -0.117. The molecular weight excluding hydrogens is 579 g/mol. The van der Waals surface area contributed by atoms with Crippen molar-refractivity contribution in [1.82, 2.24) is 25.4 Å². The largest absolute Gasteiger partial charge is 0.494 e. The fourth-order valence-corrected chi connectivity index (χ4v) is 6.03. The molecule has 0 atom stereocenters. The highest BCUT2D eigenvalue weighted by molar-refractivity contribution is 7.17. The van der Waals surface area contributed by atoms with Crippen LogP contribution >= 0.6 is 11.3 Å². The molecule has 0 bridgehead atoms. The van der Waals surface area contributed by atoms with Crippen LogP contribution < -0.4 is 20.7 Å². The highest BCUT2D eigenvalue weighted by Gasteiger charge is 2.31. The molecule has 3 amide bonds. The molecule has 228 valence electrons. The van der Waals surface area contributed by atoms with Gasteiger partial charge in [-0.1, -0.05) is 6.07 Å². The summed E-state index contributed by atoms with van der Waals surface area (Å²) in [5.41, 5.74) is 1.61. The summed E-state index contributed by atoms with van der Waals surface area (Å²) in [5, 5.41) is 26.5. The van der Waals surface area contributed by atoms with Crippen LogP contribution in [0, 0.1) is 11.8 Å². The molecule has 1 aromatic carbocycles. The number of aliphatic hydroxyl groups is 1. The summed E-state index contributed by atoms with van der Waals surface area (Å²) in [5.74, 6) is 0.515. The van der Waals surface area contributed by atoms with Crippen molar-refractivity contribution in [2.75, 3.05) is 37.4 Å². The van der Waals surface area contributed by atoms with Gasteiger partial charge in [-0.3, -0.25) is 14.4 Å². The summed E-state index contributed by atoms with van der Waals surface area (Å²) in [7, 11) is 7.15. The first-order chi connectivity index (χ1) is 21.1. The number of carbonyl (C=O) groups is 3. The molecule has 3 aromatic rings. The van der Waals surface area contributed by atoms with Crippen molar-refractivity contribution in [3.63, 3.8) is 0 Å². The Kier molecular flexibility index (Phi) is 9.59. The van der Waals surface area contributed by atoms with E-state index in [1.807, 2.05) is 40.6 Å². The molecule has 16 heteroatoms. The van der Waals surface area contributed by atoms with E-state index < -0.39 is 11.1 Å². The lowest BCUT2D eigenvalue weighted by Gasteiger charge is -2.31. The fraction of sp³-hybridized carbons (Fsp3) is 0.429. The minimum Gasteiger partial charge on any atom is -0.494 e. The first-order valence-corrected chi connectivity index (χ1v) is 15.7. The van der Waals surface area contributed by atoms with E-state index in [1.165, 1.54) is 11.3 Å². The number of anilines is 3. The lowest BCUT2D eigenvalue weighted by Crippen LogP contribution is -2.50. The molecule has 44 heavy (non-hydrogen) atoms. The van der Waals surface area contributed by atoms with Gasteiger partial charge < -0.3 is 30.7 Å². The van der Waals surface area contributed by atoms with Crippen LogP contribution in [0.5, 0.6) is 5.75 Å². The quantitative estimate of drug-likeness (QED) is 0.221. The molecule has 12 nitrogen and oxygen atoms in total. The van der Waals surface area contributed by atoms with Crippen LogP contribution in [0.1, 0.15) is 52.3 Å². The topological polar surface area (TPSA) is 159 Å². The number of hydrogen-bond donors (Lipinski definition) is 4. The fourth-order valence-electron chi connectivity index (χ4n) is 5.12. The number of amides is 3. The average molecular weight is 615 g/mol. The normalized spacial score (nSPS) is 15.5. The number of thiazole rings is 1. The lowest BCUT2D eigenvalue weighted by atomic mass is 9.49. The zero-order chi connectivity index (χ0) is 31.4. The van der Waals surface area contributed by atoms with E-state index in [-0.39, 0.29) is 35.9 Å². The zero-order valence-corrected chi connectivity index (χ0v) is 26.3. The first kappa shape index (κ1) is 31.5. The van der Waals surface area contributed by atoms with Crippen molar-refractivity contribution in [3.8, 4) is 16.3 Å². The SMILES string of the molecule is BC(B)(B)NC(=O)c1nnc(NC(=O)C2CC2)cc1Nc1cccc(-c2ncc(C(=O)N3CCC(CCO)CC3)s2)c1OC. The van der Waals surface area contributed by atoms with E-state index >= 15 is 0 Å². The number of ether oxygens (including phenoxy) is 1. The third kappa shape index (κ3) is 7.59. The number of nitrogens with zero attached hydrogens (tertiary/aromatic N) is 4. The van der Waals surface area contributed by atoms with Gasteiger partial charge in [0.1, 0.15) is 33.4 Å². The molecule has 2 aromatic heterocycles. The number of nitrogens with one attached hydrogen (secondary N) is 3. The molecule has 1 aliphatic carbocycles. The standard InChI is InChI=1S/C28H36B3N7O5S/c1-43-23-17(26-32-14-20(44-26)27(42)38-10-7-15(8-11-38)9-12-39)3-2-4-18(23)33-19-13-21(34-24(40)16-5-6-16)36-37-22(19)25(41)35-28(29,30)31/h2-4,13-16,39H,5-12,29-31H2,1H3,(H,35,41)(H2,33,34,36,40). The Morgan fingerprint density at radius 3 is 2.52 bits per heavy atom. The molecule has 0 unspecified atom stereocenters. The maximum absolute atomic E-state index is 13.2. The Labute approximate surface area is 263 Å². The van der Waals surface area contributed by atoms with Crippen molar-refractivity contribution in [3.05, 3.63) is 41.0 Å². The first-order valence-electron chi connectivity index (χ1n) is 14.9. The van der Waals surface area contributed by atoms with E-state index in [2.05, 4.69) is 31.1 Å². The van der Waals surface area contributed by atoms with Crippen LogP contribution in [0.2, 0.25) is 0 Å². The highest BCUT2D eigenvalue weighted by Crippen LogP contribution is 2.40. The molecular formula is C28H36B3N7O5S. The number of methoxy groups -OCH3 is 1. The van der Waals surface area contributed by atoms with Gasteiger partial charge >= 0.3 is 0 Å². The second-order valence-corrected chi connectivity index (χ2v) is 13.3. The molecule has 5 rings (SSSR count). The third-order valence-corrected chi connectivity index (χ3v) is 8.59. The minimum atomic E-state index is -0.512. The van der Waals surface area contributed by atoms with Crippen LogP contribution in [-0.4, -0.2) is 98.5 Å². The number of piperidine rings is 1. The summed E-state index contributed by atoms with van der Waals surface area (Å²) in [4.78, 5) is 45.8. The van der Waals surface area contributed by atoms with Gasteiger partial charge in [0, 0.05) is 31.7 Å². The van der Waals surface area contributed by atoms with E-state index in [0.717, 1.165) is 32.1 Å². The number of likely N-dealkylation sites (tertiary alicyclic amines) is 1. The highest BCUT2D eigenvalue weighted by atomic mass is 32.1. The minimum absolute atomic E-state index is 0.0259. The Balaban J connectivity index is 1.41. The van der Waals surface area contributed by atoms with E-state index in [9.17, 15) is 19.5 Å². The molecule has 1 aliphatic heterocycles. The van der Waals surface area contributed by atoms with Crippen molar-refractivity contribution in [2.45, 2.75) is 37.3 Å². The summed E-state index contributed by atoms with van der Waals surface area (Å²) >= 11 is 1.29. The van der Waals surface area contributed by atoms with Gasteiger partial charge in [-0.2, -0.15) is 0 Å². The molecule has 1 saturated carbocycles. The van der Waals surface area contributed by atoms with Crippen molar-refractivity contribution >= 4 is 69.8 Å². The summed E-state index contributed by atoms with van der Waals surface area (Å²) in [6.07, 6.45) is 5.81. The van der Waals surface area contributed by atoms with Gasteiger partial charge in [-0.05, 0) is 55.4 Å². The molecule has 0 radical (unpaired) electrons. The Morgan fingerprint density at radius 2 is 1.86 bits per heavy atom. The number of hydrogen-bond acceptors (Lipinski definition) is 10. The maximum atomic E-state index is 13.2. The van der Waals surface area contributed by atoms with Crippen molar-refractivity contribution in [1.29, 1.82) is 0 Å². The predicted molar refractivity (Wildman–Crippen MR) is 177 cm³/mol. The van der Waals surface area contributed by atoms with E-state index in [4.69, 9.17) is 4.74 Å². The van der Waals surface area contributed by atoms with Crippen LogP contribution in [0.15, 0.2) is 30.5 Å². The number of aliphatic hydroxyl groups excluding tert-OH is 1. The number of rotatable bonds is 11. The monoisotopic (exact) mass is 615 g/mol. The zero-order valence-electron chi connectivity index (χ0n) is 25.5. The molecule has 2 fully saturated rings. The Morgan fingerprint density at radius 1 is 1.11 bits per heavy atom. The molecule has 2 aliphatic rings. The second kappa shape index (κ2) is 13.4. The van der Waals surface area contributed by atoms with Crippen molar-refractivity contribution in [2.24, 2.45) is 11.8 Å². The van der Waals surface area contributed by atoms with Crippen LogP contribution in [0.25, 0.3) is 10.6 Å². The van der Waals surface area contributed by atoms with Gasteiger partial charge in [0.2, 0.25) is 5.91 Å². The third-order valence-electron chi connectivity index (χ3n) is 7.57. The Bertz CT molecular complexity index is 1540. The average Bonchev–Trinajstić information content (AvgIpc) is 3.73. The maximum Gasteiger partial charge on any atom is 0.272 e. The van der Waals surface area contributed by atoms with Gasteiger partial charge in [0.05, 0.1) is 30.2 Å². The summed E-state index contributed by atoms with van der Waals surface area (Å²) in [6, 6.07) is 7.07.